The third-order valence-corrected chi connectivity index (χ3v) is 3.38. The summed E-state index contributed by atoms with van der Waals surface area (Å²) >= 11 is 5.87. The summed E-state index contributed by atoms with van der Waals surface area (Å²) in [5, 5.41) is 0.520. The monoisotopic (exact) mass is 213 g/mol. The van der Waals surface area contributed by atoms with Crippen molar-refractivity contribution in [3.8, 4) is 0 Å². The van der Waals surface area contributed by atoms with E-state index in [1.807, 2.05) is 6.07 Å². The van der Waals surface area contributed by atoms with Crippen LogP contribution in [0.1, 0.15) is 37.0 Å². The molecule has 78 valence electrons. The molecular formula is C11H16ClNO. The molecule has 1 heterocycles. The molecule has 2 N–H and O–H groups in total. The predicted octanol–water partition coefficient (Wildman–Crippen LogP) is 2.95. The fourth-order valence-corrected chi connectivity index (χ4v) is 2.52. The summed E-state index contributed by atoms with van der Waals surface area (Å²) < 4.78 is 5.46. The van der Waals surface area contributed by atoms with Crippen LogP contribution in [0.25, 0.3) is 0 Å². The van der Waals surface area contributed by atoms with Crippen LogP contribution < -0.4 is 5.73 Å². The minimum absolute atomic E-state index is 0.516. The van der Waals surface area contributed by atoms with Gasteiger partial charge in [0.15, 0.2) is 5.22 Å². The second-order valence-corrected chi connectivity index (χ2v) is 4.51. The van der Waals surface area contributed by atoms with E-state index in [9.17, 15) is 0 Å². The topological polar surface area (TPSA) is 39.2 Å². The fraction of sp³-hybridized carbons (Fsp3) is 0.636. The van der Waals surface area contributed by atoms with Gasteiger partial charge in [-0.3, -0.25) is 0 Å². The van der Waals surface area contributed by atoms with Crippen molar-refractivity contribution in [2.45, 2.75) is 32.1 Å². The van der Waals surface area contributed by atoms with Crippen LogP contribution in [0.3, 0.4) is 0 Å². The minimum atomic E-state index is 0.516. The van der Waals surface area contributed by atoms with Gasteiger partial charge in [-0.25, -0.2) is 0 Å². The average Bonchev–Trinajstić information content (AvgIpc) is 2.56. The highest BCUT2D eigenvalue weighted by Crippen LogP contribution is 2.39. The van der Waals surface area contributed by atoms with Gasteiger partial charge in [0.2, 0.25) is 0 Å². The quantitative estimate of drug-likeness (QED) is 0.821. The van der Waals surface area contributed by atoms with E-state index in [0.717, 1.165) is 18.7 Å². The second kappa shape index (κ2) is 3.95. The Labute approximate surface area is 89.4 Å². The Morgan fingerprint density at radius 1 is 1.71 bits per heavy atom. The molecule has 0 saturated carbocycles. The molecule has 2 nitrogen and oxygen atoms in total. The van der Waals surface area contributed by atoms with Crippen molar-refractivity contribution in [3.63, 3.8) is 0 Å². The van der Waals surface area contributed by atoms with Crippen LogP contribution >= 0.6 is 11.6 Å². The maximum atomic E-state index is 5.87. The molecule has 2 atom stereocenters. The van der Waals surface area contributed by atoms with Gasteiger partial charge < -0.3 is 10.2 Å². The highest BCUT2D eigenvalue weighted by atomic mass is 35.5. The molecule has 2 rings (SSSR count). The molecule has 1 aromatic rings. The molecule has 3 heteroatoms. The lowest BCUT2D eigenvalue weighted by Crippen LogP contribution is -2.21. The SMILES string of the molecule is CC(CN)C1CCCc2oc(Cl)cc21. The number of fused-ring (bicyclic) bond motifs is 1. The molecule has 0 spiro atoms. The molecule has 0 fully saturated rings. The number of nitrogens with two attached hydrogens (primary N) is 1. The van der Waals surface area contributed by atoms with Crippen LogP contribution in [0.5, 0.6) is 0 Å². The van der Waals surface area contributed by atoms with Gasteiger partial charge in [0.25, 0.3) is 0 Å². The first-order valence-electron chi connectivity index (χ1n) is 5.20. The minimum Gasteiger partial charge on any atom is -0.449 e. The number of furan rings is 1. The van der Waals surface area contributed by atoms with Crippen molar-refractivity contribution in [2.75, 3.05) is 6.54 Å². The van der Waals surface area contributed by atoms with Crippen molar-refractivity contribution in [1.82, 2.24) is 0 Å². The molecule has 1 aromatic heterocycles. The molecule has 1 aliphatic rings. The standard InChI is InChI=1S/C11H16ClNO/c1-7(6-13)8-3-2-4-10-9(8)5-11(12)14-10/h5,7-8H,2-4,6,13H2,1H3. The zero-order chi connectivity index (χ0) is 10.1. The van der Waals surface area contributed by atoms with E-state index in [0.29, 0.717) is 17.1 Å². The molecule has 2 unspecified atom stereocenters. The lowest BCUT2D eigenvalue weighted by Gasteiger charge is -2.26. The Hall–Kier alpha value is -0.470. The predicted molar refractivity (Wildman–Crippen MR) is 57.6 cm³/mol. The van der Waals surface area contributed by atoms with Crippen LogP contribution in [0.15, 0.2) is 10.5 Å². The van der Waals surface area contributed by atoms with Gasteiger partial charge in [-0.15, -0.1) is 0 Å². The molecule has 0 aromatic carbocycles. The number of hydrogen-bond donors (Lipinski definition) is 1. The lowest BCUT2D eigenvalue weighted by atomic mass is 9.79. The summed E-state index contributed by atoms with van der Waals surface area (Å²) in [5.74, 6) is 2.13. The molecule has 14 heavy (non-hydrogen) atoms. The van der Waals surface area contributed by atoms with E-state index in [1.54, 1.807) is 0 Å². The second-order valence-electron chi connectivity index (χ2n) is 4.14. The Kier molecular flexibility index (Phi) is 2.84. The summed E-state index contributed by atoms with van der Waals surface area (Å²) in [7, 11) is 0. The van der Waals surface area contributed by atoms with Crippen LogP contribution in [0.4, 0.5) is 0 Å². The third kappa shape index (κ3) is 1.69. The van der Waals surface area contributed by atoms with E-state index < -0.39 is 0 Å². The first-order valence-corrected chi connectivity index (χ1v) is 5.58. The highest BCUT2D eigenvalue weighted by Gasteiger charge is 2.27. The summed E-state index contributed by atoms with van der Waals surface area (Å²) in [6, 6.07) is 1.97. The number of halogens is 1. The molecule has 0 saturated heterocycles. The van der Waals surface area contributed by atoms with Crippen molar-refractivity contribution in [3.05, 3.63) is 22.6 Å². The lowest BCUT2D eigenvalue weighted by molar-refractivity contribution is 0.383. The number of aryl methyl sites for hydroxylation is 1. The first-order chi connectivity index (χ1) is 6.72. The molecule has 1 aliphatic carbocycles. The van der Waals surface area contributed by atoms with Gasteiger partial charge in [0.1, 0.15) is 5.76 Å². The van der Waals surface area contributed by atoms with E-state index in [1.165, 1.54) is 18.4 Å². The van der Waals surface area contributed by atoms with Crippen LogP contribution in [-0.2, 0) is 6.42 Å². The van der Waals surface area contributed by atoms with Crippen LogP contribution in [-0.4, -0.2) is 6.54 Å². The van der Waals surface area contributed by atoms with Crippen LogP contribution in [0, 0.1) is 5.92 Å². The van der Waals surface area contributed by atoms with E-state index in [2.05, 4.69) is 6.92 Å². The van der Waals surface area contributed by atoms with Gasteiger partial charge in [-0.1, -0.05) is 6.92 Å². The Bertz CT molecular complexity index is 321. The molecule has 0 radical (unpaired) electrons. The van der Waals surface area contributed by atoms with E-state index in [-0.39, 0.29) is 0 Å². The third-order valence-electron chi connectivity index (χ3n) is 3.19. The maximum absolute atomic E-state index is 5.87. The van der Waals surface area contributed by atoms with Crippen molar-refractivity contribution in [2.24, 2.45) is 11.7 Å². The normalized spacial score (nSPS) is 23.2. The van der Waals surface area contributed by atoms with Gasteiger partial charge in [0.05, 0.1) is 0 Å². The van der Waals surface area contributed by atoms with Crippen molar-refractivity contribution in [1.29, 1.82) is 0 Å². The molecule has 0 amide bonds. The van der Waals surface area contributed by atoms with Gasteiger partial charge in [-0.2, -0.15) is 0 Å². The zero-order valence-corrected chi connectivity index (χ0v) is 9.18. The van der Waals surface area contributed by atoms with E-state index in [4.69, 9.17) is 21.8 Å². The fourth-order valence-electron chi connectivity index (χ4n) is 2.31. The smallest absolute Gasteiger partial charge is 0.193 e. The number of rotatable bonds is 2. The Balaban J connectivity index is 2.30. The van der Waals surface area contributed by atoms with E-state index >= 15 is 0 Å². The largest absolute Gasteiger partial charge is 0.449 e. The summed E-state index contributed by atoms with van der Waals surface area (Å²) in [5.41, 5.74) is 6.99. The Morgan fingerprint density at radius 3 is 3.21 bits per heavy atom. The van der Waals surface area contributed by atoms with Gasteiger partial charge >= 0.3 is 0 Å². The highest BCUT2D eigenvalue weighted by molar-refractivity contribution is 6.28. The first kappa shape index (κ1) is 10.1. The maximum Gasteiger partial charge on any atom is 0.193 e. The zero-order valence-electron chi connectivity index (χ0n) is 8.42. The van der Waals surface area contributed by atoms with Gasteiger partial charge in [0, 0.05) is 6.42 Å². The van der Waals surface area contributed by atoms with Crippen molar-refractivity contribution < 1.29 is 4.42 Å². The molecule has 0 bridgehead atoms. The summed E-state index contributed by atoms with van der Waals surface area (Å²) in [4.78, 5) is 0. The van der Waals surface area contributed by atoms with Crippen molar-refractivity contribution >= 4 is 11.6 Å². The van der Waals surface area contributed by atoms with Gasteiger partial charge in [-0.05, 0) is 54.5 Å². The molecular weight excluding hydrogens is 198 g/mol. The summed E-state index contributed by atoms with van der Waals surface area (Å²) in [6.07, 6.45) is 3.42. The van der Waals surface area contributed by atoms with Crippen LogP contribution in [0.2, 0.25) is 5.22 Å². The molecule has 0 aliphatic heterocycles. The Morgan fingerprint density at radius 2 is 2.50 bits per heavy atom. The summed E-state index contributed by atoms with van der Waals surface area (Å²) in [6.45, 7) is 2.92. The average molecular weight is 214 g/mol. The number of hydrogen-bond acceptors (Lipinski definition) is 2.